The van der Waals surface area contributed by atoms with Crippen LogP contribution in [0.15, 0.2) is 40.9 Å². The number of carbonyl (C=O) groups is 1. The van der Waals surface area contributed by atoms with Gasteiger partial charge in [-0.1, -0.05) is 12.1 Å². The summed E-state index contributed by atoms with van der Waals surface area (Å²) in [5.74, 6) is 1.59. The van der Waals surface area contributed by atoms with Gasteiger partial charge in [-0.15, -0.1) is 11.3 Å². The predicted molar refractivity (Wildman–Crippen MR) is 92.2 cm³/mol. The molecule has 0 spiro atoms. The van der Waals surface area contributed by atoms with Gasteiger partial charge in [0.1, 0.15) is 5.75 Å². The fourth-order valence-corrected chi connectivity index (χ4v) is 2.93. The average Bonchev–Trinajstić information content (AvgIpc) is 3.29. The van der Waals surface area contributed by atoms with E-state index < -0.39 is 0 Å². The molecule has 2 aromatic heterocycles. The molecule has 7 heteroatoms. The molecule has 0 bridgehead atoms. The SMILES string of the molecule is CCCNC(=O)c1ccc(-c2noc(-c3ccc(OC)cc3)n2)s1. The second-order valence-electron chi connectivity index (χ2n) is 5.07. The summed E-state index contributed by atoms with van der Waals surface area (Å²) >= 11 is 1.34. The molecule has 0 aliphatic rings. The summed E-state index contributed by atoms with van der Waals surface area (Å²) < 4.78 is 10.4. The third-order valence-electron chi connectivity index (χ3n) is 3.35. The number of ether oxygens (including phenoxy) is 1. The number of carbonyl (C=O) groups excluding carboxylic acids is 1. The molecule has 0 unspecified atom stereocenters. The van der Waals surface area contributed by atoms with Crippen LogP contribution >= 0.6 is 11.3 Å². The Hall–Kier alpha value is -2.67. The molecule has 0 atom stereocenters. The Balaban J connectivity index is 1.78. The summed E-state index contributed by atoms with van der Waals surface area (Å²) in [4.78, 5) is 17.8. The van der Waals surface area contributed by atoms with Crippen molar-refractivity contribution in [1.82, 2.24) is 15.5 Å². The van der Waals surface area contributed by atoms with Crippen LogP contribution in [0.2, 0.25) is 0 Å². The highest BCUT2D eigenvalue weighted by molar-refractivity contribution is 7.17. The molecule has 6 nitrogen and oxygen atoms in total. The normalized spacial score (nSPS) is 10.6. The first-order valence-electron chi connectivity index (χ1n) is 7.57. The van der Waals surface area contributed by atoms with Crippen molar-refractivity contribution in [3.63, 3.8) is 0 Å². The molecule has 1 N–H and O–H groups in total. The van der Waals surface area contributed by atoms with Gasteiger partial charge in [-0.3, -0.25) is 4.79 Å². The summed E-state index contributed by atoms with van der Waals surface area (Å²) in [6, 6.07) is 11.0. The average molecular weight is 343 g/mol. The fraction of sp³-hybridized carbons (Fsp3) is 0.235. The Morgan fingerprint density at radius 3 is 2.75 bits per heavy atom. The zero-order valence-corrected chi connectivity index (χ0v) is 14.2. The number of methoxy groups -OCH3 is 1. The number of benzene rings is 1. The smallest absolute Gasteiger partial charge is 0.261 e. The molecule has 3 aromatic rings. The molecule has 0 radical (unpaired) electrons. The molecule has 1 aromatic carbocycles. The molecule has 0 fully saturated rings. The van der Waals surface area contributed by atoms with Crippen LogP contribution in [0.4, 0.5) is 0 Å². The Bertz CT molecular complexity index is 824. The van der Waals surface area contributed by atoms with Gasteiger partial charge in [-0.25, -0.2) is 0 Å². The topological polar surface area (TPSA) is 77.2 Å². The van der Waals surface area contributed by atoms with Crippen molar-refractivity contribution in [3.8, 4) is 27.9 Å². The Labute approximate surface area is 143 Å². The standard InChI is InChI=1S/C17H17N3O3S/c1-3-10-18-16(21)14-9-8-13(24-14)15-19-17(23-20-15)11-4-6-12(22-2)7-5-11/h4-9H,3,10H2,1-2H3,(H,18,21). The zero-order chi connectivity index (χ0) is 16.9. The summed E-state index contributed by atoms with van der Waals surface area (Å²) in [6.45, 7) is 2.68. The van der Waals surface area contributed by atoms with Crippen molar-refractivity contribution in [2.75, 3.05) is 13.7 Å². The maximum atomic E-state index is 12.0. The minimum Gasteiger partial charge on any atom is -0.497 e. The minimum atomic E-state index is -0.0769. The zero-order valence-electron chi connectivity index (χ0n) is 13.4. The van der Waals surface area contributed by atoms with E-state index in [1.165, 1.54) is 11.3 Å². The van der Waals surface area contributed by atoms with Crippen molar-refractivity contribution in [2.45, 2.75) is 13.3 Å². The molecule has 24 heavy (non-hydrogen) atoms. The second-order valence-corrected chi connectivity index (χ2v) is 6.16. The van der Waals surface area contributed by atoms with Crippen molar-refractivity contribution in [3.05, 3.63) is 41.3 Å². The number of thiophene rings is 1. The highest BCUT2D eigenvalue weighted by Gasteiger charge is 2.15. The number of rotatable bonds is 6. The fourth-order valence-electron chi connectivity index (χ4n) is 2.08. The van der Waals surface area contributed by atoms with Gasteiger partial charge in [-0.05, 0) is 42.8 Å². The molecule has 0 saturated heterocycles. The molecule has 0 saturated carbocycles. The van der Waals surface area contributed by atoms with Gasteiger partial charge in [0.25, 0.3) is 11.8 Å². The summed E-state index contributed by atoms with van der Waals surface area (Å²) in [5.41, 5.74) is 0.812. The van der Waals surface area contributed by atoms with Gasteiger partial charge in [0, 0.05) is 12.1 Å². The Kier molecular flexibility index (Phi) is 4.90. The highest BCUT2D eigenvalue weighted by Crippen LogP contribution is 2.28. The Morgan fingerprint density at radius 1 is 1.25 bits per heavy atom. The number of amides is 1. The first-order chi connectivity index (χ1) is 11.7. The van der Waals surface area contributed by atoms with Crippen LogP contribution in [-0.2, 0) is 0 Å². The highest BCUT2D eigenvalue weighted by atomic mass is 32.1. The third kappa shape index (κ3) is 3.46. The first kappa shape index (κ1) is 16.2. The molecular weight excluding hydrogens is 326 g/mol. The van der Waals surface area contributed by atoms with Gasteiger partial charge in [0.2, 0.25) is 5.82 Å². The second kappa shape index (κ2) is 7.27. The first-order valence-corrected chi connectivity index (χ1v) is 8.39. The van der Waals surface area contributed by atoms with Gasteiger partial charge in [0.05, 0.1) is 16.9 Å². The number of nitrogens with one attached hydrogen (secondary N) is 1. The quantitative estimate of drug-likeness (QED) is 0.740. The third-order valence-corrected chi connectivity index (χ3v) is 4.43. The summed E-state index contributed by atoms with van der Waals surface area (Å²) in [5, 5.41) is 6.85. The van der Waals surface area contributed by atoms with Crippen LogP contribution in [0.5, 0.6) is 5.75 Å². The lowest BCUT2D eigenvalue weighted by molar-refractivity contribution is 0.0957. The van der Waals surface area contributed by atoms with E-state index in [0.29, 0.717) is 23.1 Å². The van der Waals surface area contributed by atoms with E-state index >= 15 is 0 Å². The van der Waals surface area contributed by atoms with E-state index in [4.69, 9.17) is 9.26 Å². The van der Waals surface area contributed by atoms with Crippen LogP contribution in [0.1, 0.15) is 23.0 Å². The molecule has 3 rings (SSSR count). The number of aromatic nitrogens is 2. The van der Waals surface area contributed by atoms with Crippen molar-refractivity contribution in [1.29, 1.82) is 0 Å². The van der Waals surface area contributed by atoms with Crippen LogP contribution in [0.25, 0.3) is 22.2 Å². The summed E-state index contributed by atoms with van der Waals surface area (Å²) in [6.07, 6.45) is 0.903. The maximum absolute atomic E-state index is 12.0. The maximum Gasteiger partial charge on any atom is 0.261 e. The van der Waals surface area contributed by atoms with E-state index in [2.05, 4.69) is 15.5 Å². The largest absolute Gasteiger partial charge is 0.497 e. The number of hydrogen-bond donors (Lipinski definition) is 1. The predicted octanol–water partition coefficient (Wildman–Crippen LogP) is 3.61. The van der Waals surface area contributed by atoms with Crippen LogP contribution < -0.4 is 10.1 Å². The van der Waals surface area contributed by atoms with E-state index in [1.54, 1.807) is 13.2 Å². The van der Waals surface area contributed by atoms with Gasteiger partial charge in [0.15, 0.2) is 0 Å². The molecule has 0 aliphatic carbocycles. The van der Waals surface area contributed by atoms with E-state index in [1.807, 2.05) is 37.3 Å². The molecule has 2 heterocycles. The van der Waals surface area contributed by atoms with Crippen LogP contribution in [0.3, 0.4) is 0 Å². The molecular formula is C17H17N3O3S. The van der Waals surface area contributed by atoms with Crippen molar-refractivity contribution < 1.29 is 14.1 Å². The van der Waals surface area contributed by atoms with E-state index in [-0.39, 0.29) is 5.91 Å². The van der Waals surface area contributed by atoms with Gasteiger partial charge >= 0.3 is 0 Å². The van der Waals surface area contributed by atoms with Gasteiger partial charge < -0.3 is 14.6 Å². The van der Waals surface area contributed by atoms with Crippen molar-refractivity contribution >= 4 is 17.2 Å². The lowest BCUT2D eigenvalue weighted by Gasteiger charge is -1.99. The minimum absolute atomic E-state index is 0.0769. The molecule has 124 valence electrons. The number of hydrogen-bond acceptors (Lipinski definition) is 6. The van der Waals surface area contributed by atoms with E-state index in [9.17, 15) is 4.79 Å². The van der Waals surface area contributed by atoms with E-state index in [0.717, 1.165) is 22.6 Å². The van der Waals surface area contributed by atoms with Crippen molar-refractivity contribution in [2.24, 2.45) is 0 Å². The van der Waals surface area contributed by atoms with Gasteiger partial charge in [-0.2, -0.15) is 4.98 Å². The Morgan fingerprint density at radius 2 is 2.04 bits per heavy atom. The lowest BCUT2D eigenvalue weighted by atomic mass is 10.2. The number of nitrogens with zero attached hydrogens (tertiary/aromatic N) is 2. The van der Waals surface area contributed by atoms with Crippen LogP contribution in [0, 0.1) is 0 Å². The molecule has 1 amide bonds. The van der Waals surface area contributed by atoms with Crippen LogP contribution in [-0.4, -0.2) is 29.7 Å². The lowest BCUT2D eigenvalue weighted by Crippen LogP contribution is -2.22. The summed E-state index contributed by atoms with van der Waals surface area (Å²) in [7, 11) is 1.62. The monoisotopic (exact) mass is 343 g/mol. The molecule has 0 aliphatic heterocycles.